The second kappa shape index (κ2) is 8.32. The summed E-state index contributed by atoms with van der Waals surface area (Å²) < 4.78 is 37.2. The van der Waals surface area contributed by atoms with E-state index in [1.807, 2.05) is 0 Å². The second-order valence-corrected chi connectivity index (χ2v) is 5.61. The Morgan fingerprint density at radius 3 is 2.72 bits per heavy atom. The van der Waals surface area contributed by atoms with Gasteiger partial charge >= 0.3 is 0 Å². The second-order valence-electron chi connectivity index (χ2n) is 5.61. The average Bonchev–Trinajstić information content (AvgIpc) is 3.20. The Labute approximate surface area is 141 Å². The largest absolute Gasteiger partial charge is 0.483 e. The standard InChI is InChI=1S/C13H17F2N3O4.CH2O2/c1-6-2-7(13(14)15)17-18(6)3-10(20)16-8-4-21-12-9(19)5-22-11(8)12;2-1-3/h2,8-9,11-13,19H,3-5H2,1H3,(H,16,20);1H,(H,2,3)/t8-,9+,11+,12+;/m0./s1. The Morgan fingerprint density at radius 2 is 2.12 bits per heavy atom. The number of rotatable bonds is 4. The first-order valence-electron chi connectivity index (χ1n) is 7.48. The zero-order chi connectivity index (χ0) is 18.6. The molecule has 25 heavy (non-hydrogen) atoms. The molecule has 3 rings (SSSR count). The number of fused-ring (bicyclic) bond motifs is 1. The number of alkyl halides is 2. The molecule has 140 valence electrons. The SMILES string of the molecule is Cc1cc(C(F)F)nn1CC(=O)N[C@H]1CO[C@H]2[C@@H]1OC[C@H]2O.O=CO. The molecule has 2 aliphatic rings. The predicted octanol–water partition coefficient (Wildman–Crippen LogP) is -0.527. The lowest BCUT2D eigenvalue weighted by molar-refractivity contribution is -0.124. The predicted molar refractivity (Wildman–Crippen MR) is 78.0 cm³/mol. The summed E-state index contributed by atoms with van der Waals surface area (Å²) in [7, 11) is 0. The topological polar surface area (TPSA) is 123 Å². The molecule has 2 aliphatic heterocycles. The number of aliphatic hydroxyl groups is 1. The van der Waals surface area contributed by atoms with E-state index in [1.165, 1.54) is 10.7 Å². The van der Waals surface area contributed by atoms with Crippen LogP contribution in [0.5, 0.6) is 0 Å². The maximum Gasteiger partial charge on any atom is 0.290 e. The van der Waals surface area contributed by atoms with E-state index in [4.69, 9.17) is 19.4 Å². The number of halogens is 2. The van der Waals surface area contributed by atoms with Crippen LogP contribution in [0.15, 0.2) is 6.07 Å². The van der Waals surface area contributed by atoms with Gasteiger partial charge in [-0.3, -0.25) is 14.3 Å². The molecule has 0 aliphatic carbocycles. The summed E-state index contributed by atoms with van der Waals surface area (Å²) in [6, 6.07) is 0.892. The molecule has 0 spiro atoms. The first-order chi connectivity index (χ1) is 11.9. The van der Waals surface area contributed by atoms with Gasteiger partial charge in [-0.25, -0.2) is 8.78 Å². The van der Waals surface area contributed by atoms with Crippen LogP contribution >= 0.6 is 0 Å². The molecule has 2 fully saturated rings. The van der Waals surface area contributed by atoms with Gasteiger partial charge in [0, 0.05) is 5.69 Å². The van der Waals surface area contributed by atoms with Crippen molar-refractivity contribution in [1.29, 1.82) is 0 Å². The normalized spacial score (nSPS) is 27.6. The van der Waals surface area contributed by atoms with Crippen LogP contribution in [0.2, 0.25) is 0 Å². The number of aryl methyl sites for hydroxylation is 1. The van der Waals surface area contributed by atoms with Crippen LogP contribution in [-0.4, -0.2) is 69.9 Å². The maximum atomic E-state index is 12.6. The highest BCUT2D eigenvalue weighted by Crippen LogP contribution is 2.27. The number of hydrogen-bond acceptors (Lipinski definition) is 6. The van der Waals surface area contributed by atoms with Gasteiger partial charge in [-0.1, -0.05) is 0 Å². The smallest absolute Gasteiger partial charge is 0.290 e. The van der Waals surface area contributed by atoms with Gasteiger partial charge in [0.15, 0.2) is 0 Å². The van der Waals surface area contributed by atoms with Crippen molar-refractivity contribution in [2.24, 2.45) is 0 Å². The van der Waals surface area contributed by atoms with E-state index in [1.54, 1.807) is 6.92 Å². The molecular formula is C14H19F2N3O6. The Hall–Kier alpha value is -2.11. The molecule has 0 unspecified atom stereocenters. The lowest BCUT2D eigenvalue weighted by Crippen LogP contribution is -2.45. The van der Waals surface area contributed by atoms with E-state index in [0.717, 1.165) is 0 Å². The Balaban J connectivity index is 0.000000701. The van der Waals surface area contributed by atoms with E-state index in [9.17, 15) is 18.7 Å². The third-order valence-electron chi connectivity index (χ3n) is 3.89. The molecule has 0 bridgehead atoms. The molecule has 1 aromatic heterocycles. The minimum atomic E-state index is -2.67. The highest BCUT2D eigenvalue weighted by molar-refractivity contribution is 5.76. The number of amides is 1. The summed E-state index contributed by atoms with van der Waals surface area (Å²) in [6.07, 6.45) is -4.16. The van der Waals surface area contributed by atoms with Gasteiger partial charge in [0.2, 0.25) is 5.91 Å². The summed E-state index contributed by atoms with van der Waals surface area (Å²) in [5.74, 6) is -0.369. The number of ether oxygens (including phenoxy) is 2. The number of nitrogens with one attached hydrogen (secondary N) is 1. The molecule has 9 nitrogen and oxygen atoms in total. The lowest BCUT2D eigenvalue weighted by Gasteiger charge is -2.17. The van der Waals surface area contributed by atoms with Crippen molar-refractivity contribution in [3.8, 4) is 0 Å². The highest BCUT2D eigenvalue weighted by atomic mass is 19.3. The van der Waals surface area contributed by atoms with Gasteiger partial charge in [0.25, 0.3) is 12.9 Å². The van der Waals surface area contributed by atoms with Crippen molar-refractivity contribution in [1.82, 2.24) is 15.1 Å². The molecule has 3 heterocycles. The van der Waals surface area contributed by atoms with Gasteiger partial charge < -0.3 is 25.0 Å². The number of aliphatic hydroxyl groups excluding tert-OH is 1. The molecule has 2 saturated heterocycles. The third kappa shape index (κ3) is 4.50. The van der Waals surface area contributed by atoms with Crippen LogP contribution in [0.1, 0.15) is 17.8 Å². The van der Waals surface area contributed by atoms with Crippen molar-refractivity contribution in [2.45, 2.75) is 44.2 Å². The summed E-state index contributed by atoms with van der Waals surface area (Å²) in [5.41, 5.74) is 0.135. The average molecular weight is 363 g/mol. The van der Waals surface area contributed by atoms with Gasteiger partial charge in [0.05, 0.1) is 19.3 Å². The fourth-order valence-corrected chi connectivity index (χ4v) is 2.79. The fraction of sp³-hybridized carbons (Fsp3) is 0.643. The van der Waals surface area contributed by atoms with Gasteiger partial charge in [0.1, 0.15) is 30.6 Å². The van der Waals surface area contributed by atoms with E-state index in [2.05, 4.69) is 10.4 Å². The Kier molecular flexibility index (Phi) is 6.39. The zero-order valence-corrected chi connectivity index (χ0v) is 13.3. The molecule has 1 amide bonds. The lowest BCUT2D eigenvalue weighted by atomic mass is 10.1. The number of hydrogen-bond donors (Lipinski definition) is 3. The van der Waals surface area contributed by atoms with Crippen molar-refractivity contribution >= 4 is 12.4 Å². The highest BCUT2D eigenvalue weighted by Gasteiger charge is 2.47. The molecule has 0 radical (unpaired) electrons. The molecule has 0 saturated carbocycles. The molecule has 11 heteroatoms. The monoisotopic (exact) mass is 363 g/mol. The molecular weight excluding hydrogens is 344 g/mol. The van der Waals surface area contributed by atoms with E-state index in [-0.39, 0.29) is 50.0 Å². The van der Waals surface area contributed by atoms with E-state index in [0.29, 0.717) is 5.69 Å². The van der Waals surface area contributed by atoms with Crippen LogP contribution in [0.3, 0.4) is 0 Å². The number of carbonyl (C=O) groups excluding carboxylic acids is 1. The summed E-state index contributed by atoms with van der Waals surface area (Å²) >= 11 is 0. The van der Waals surface area contributed by atoms with E-state index < -0.39 is 18.6 Å². The number of carboxylic acid groups (broad SMARTS) is 1. The Morgan fingerprint density at radius 1 is 1.48 bits per heavy atom. The first-order valence-corrected chi connectivity index (χ1v) is 7.48. The molecule has 1 aromatic rings. The third-order valence-corrected chi connectivity index (χ3v) is 3.89. The van der Waals surface area contributed by atoms with Crippen LogP contribution in [-0.2, 0) is 25.6 Å². The van der Waals surface area contributed by atoms with Gasteiger partial charge in [-0.05, 0) is 13.0 Å². The van der Waals surface area contributed by atoms with Crippen molar-refractivity contribution in [3.05, 3.63) is 17.5 Å². The van der Waals surface area contributed by atoms with Crippen molar-refractivity contribution in [2.75, 3.05) is 13.2 Å². The minimum Gasteiger partial charge on any atom is -0.483 e. The van der Waals surface area contributed by atoms with Gasteiger partial charge in [-0.2, -0.15) is 5.10 Å². The minimum absolute atomic E-state index is 0.158. The van der Waals surface area contributed by atoms with Crippen LogP contribution in [0.4, 0.5) is 8.78 Å². The molecule has 3 N–H and O–H groups in total. The quantitative estimate of drug-likeness (QED) is 0.615. The van der Waals surface area contributed by atoms with E-state index >= 15 is 0 Å². The molecule has 0 aromatic carbocycles. The summed E-state index contributed by atoms with van der Waals surface area (Å²) in [6.45, 7) is 1.63. The van der Waals surface area contributed by atoms with Crippen LogP contribution < -0.4 is 5.32 Å². The summed E-state index contributed by atoms with van der Waals surface area (Å²) in [4.78, 5) is 20.4. The number of nitrogens with zero attached hydrogens (tertiary/aromatic N) is 2. The maximum absolute atomic E-state index is 12.6. The Bertz CT molecular complexity index is 611. The zero-order valence-electron chi connectivity index (χ0n) is 13.3. The van der Waals surface area contributed by atoms with Crippen molar-refractivity contribution < 1.29 is 38.1 Å². The molecule has 4 atom stereocenters. The number of aromatic nitrogens is 2. The van der Waals surface area contributed by atoms with Crippen LogP contribution in [0, 0.1) is 6.92 Å². The first kappa shape index (κ1) is 19.2. The number of carbonyl (C=O) groups is 2. The van der Waals surface area contributed by atoms with Crippen molar-refractivity contribution in [3.63, 3.8) is 0 Å². The van der Waals surface area contributed by atoms with Crippen LogP contribution in [0.25, 0.3) is 0 Å². The fourth-order valence-electron chi connectivity index (χ4n) is 2.79. The van der Waals surface area contributed by atoms with Gasteiger partial charge in [-0.15, -0.1) is 0 Å². The summed E-state index contributed by atoms with van der Waals surface area (Å²) in [5, 5.41) is 23.0.